The van der Waals surface area contributed by atoms with Crippen LogP contribution in [0.3, 0.4) is 0 Å². The maximum absolute atomic E-state index is 5.89. The van der Waals surface area contributed by atoms with Crippen molar-refractivity contribution in [2.75, 3.05) is 5.32 Å². The van der Waals surface area contributed by atoms with E-state index in [1.165, 1.54) is 37.2 Å². The summed E-state index contributed by atoms with van der Waals surface area (Å²) in [6, 6.07) is 0.967. The Morgan fingerprint density at radius 2 is 1.88 bits per heavy atom. The van der Waals surface area contributed by atoms with Gasteiger partial charge in [0.1, 0.15) is 5.82 Å². The highest BCUT2D eigenvalue weighted by molar-refractivity contribution is 7.09. The zero-order chi connectivity index (χ0) is 11.0. The zero-order valence-corrected chi connectivity index (χ0v) is 10.2. The number of nitrogens with one attached hydrogen (secondary N) is 1. The van der Waals surface area contributed by atoms with Crippen LogP contribution in [0.15, 0.2) is 0 Å². The quantitative estimate of drug-likeness (QED) is 0.846. The van der Waals surface area contributed by atoms with E-state index in [1.807, 2.05) is 0 Å². The number of hydrogen-bond acceptors (Lipinski definition) is 5. The topological polar surface area (TPSA) is 63.8 Å². The van der Waals surface area contributed by atoms with Gasteiger partial charge >= 0.3 is 0 Å². The average molecular weight is 238 g/mol. The Morgan fingerprint density at radius 3 is 2.56 bits per heavy atom. The van der Waals surface area contributed by atoms with Crippen LogP contribution in [0.1, 0.15) is 50.3 Å². The zero-order valence-electron chi connectivity index (χ0n) is 9.35. The second-order valence-electron chi connectivity index (χ2n) is 4.99. The fraction of sp³-hybridized carbons (Fsp3) is 0.818. The van der Waals surface area contributed by atoms with Crippen LogP contribution in [0.2, 0.25) is 0 Å². The molecule has 5 heteroatoms. The summed E-state index contributed by atoms with van der Waals surface area (Å²) in [5.41, 5.74) is 5.89. The molecule has 2 saturated carbocycles. The lowest BCUT2D eigenvalue weighted by molar-refractivity contribution is 0.411. The van der Waals surface area contributed by atoms with Crippen molar-refractivity contribution in [3.63, 3.8) is 0 Å². The van der Waals surface area contributed by atoms with Gasteiger partial charge in [0.2, 0.25) is 5.13 Å². The minimum absolute atomic E-state index is 0.412. The first-order valence-corrected chi connectivity index (χ1v) is 6.94. The van der Waals surface area contributed by atoms with Gasteiger partial charge in [-0.1, -0.05) is 0 Å². The third kappa shape index (κ3) is 2.35. The molecule has 1 aromatic rings. The molecule has 0 bridgehead atoms. The highest BCUT2D eigenvalue weighted by atomic mass is 32.1. The number of nitrogens with zero attached hydrogens (tertiary/aromatic N) is 2. The van der Waals surface area contributed by atoms with E-state index < -0.39 is 0 Å². The molecule has 88 valence electrons. The number of aromatic nitrogens is 2. The molecule has 3 rings (SSSR count). The molecule has 16 heavy (non-hydrogen) atoms. The number of anilines is 1. The Kier molecular flexibility index (Phi) is 2.81. The van der Waals surface area contributed by atoms with Gasteiger partial charge in [0, 0.05) is 29.5 Å². The summed E-state index contributed by atoms with van der Waals surface area (Å²) in [7, 11) is 0. The first kappa shape index (κ1) is 10.5. The van der Waals surface area contributed by atoms with E-state index >= 15 is 0 Å². The lowest BCUT2D eigenvalue weighted by Crippen LogP contribution is -2.32. The van der Waals surface area contributed by atoms with Gasteiger partial charge in [-0.3, -0.25) is 0 Å². The highest BCUT2D eigenvalue weighted by Gasteiger charge is 2.28. The van der Waals surface area contributed by atoms with Gasteiger partial charge in [0.05, 0.1) is 0 Å². The molecule has 2 fully saturated rings. The van der Waals surface area contributed by atoms with Crippen LogP contribution in [-0.2, 0) is 0 Å². The summed E-state index contributed by atoms with van der Waals surface area (Å²) >= 11 is 1.51. The summed E-state index contributed by atoms with van der Waals surface area (Å²) in [6.45, 7) is 0. The largest absolute Gasteiger partial charge is 0.358 e. The molecule has 4 nitrogen and oxygen atoms in total. The molecule has 0 aromatic carbocycles. The van der Waals surface area contributed by atoms with Gasteiger partial charge < -0.3 is 11.1 Å². The van der Waals surface area contributed by atoms with Gasteiger partial charge in [-0.15, -0.1) is 0 Å². The number of rotatable bonds is 3. The first-order valence-electron chi connectivity index (χ1n) is 6.17. The van der Waals surface area contributed by atoms with E-state index in [4.69, 9.17) is 5.73 Å². The summed E-state index contributed by atoms with van der Waals surface area (Å²) in [5.74, 6) is 1.71. The second-order valence-corrected chi connectivity index (χ2v) is 5.74. The minimum Gasteiger partial charge on any atom is -0.358 e. The molecule has 2 aliphatic carbocycles. The average Bonchev–Trinajstić information content (AvgIpc) is 3.04. The maximum Gasteiger partial charge on any atom is 0.202 e. The second kappa shape index (κ2) is 4.30. The molecule has 1 aromatic heterocycles. The predicted octanol–water partition coefficient (Wildman–Crippen LogP) is 2.10. The molecule has 0 unspecified atom stereocenters. The summed E-state index contributed by atoms with van der Waals surface area (Å²) in [4.78, 5) is 4.55. The molecule has 0 spiro atoms. The Hall–Kier alpha value is -0.680. The van der Waals surface area contributed by atoms with Crippen molar-refractivity contribution in [2.24, 2.45) is 5.73 Å². The van der Waals surface area contributed by atoms with Crippen LogP contribution in [-0.4, -0.2) is 21.4 Å². The number of hydrogen-bond donors (Lipinski definition) is 2. The van der Waals surface area contributed by atoms with Crippen LogP contribution in [0.25, 0.3) is 0 Å². The highest BCUT2D eigenvalue weighted by Crippen LogP contribution is 2.39. The number of nitrogens with two attached hydrogens (primary N) is 1. The standard InChI is InChI=1S/C11H18N4S/c12-8-3-5-9(6-4-8)13-11-14-10(15-16-11)7-1-2-7/h7-9H,1-6,12H2,(H,13,14,15). The molecule has 0 aliphatic heterocycles. The van der Waals surface area contributed by atoms with E-state index in [1.54, 1.807) is 0 Å². The molecular formula is C11H18N4S. The Bertz CT molecular complexity index is 353. The van der Waals surface area contributed by atoms with Crippen LogP contribution < -0.4 is 11.1 Å². The monoisotopic (exact) mass is 238 g/mol. The summed E-state index contributed by atoms with van der Waals surface area (Å²) in [5, 5.41) is 4.50. The van der Waals surface area contributed by atoms with E-state index in [2.05, 4.69) is 14.7 Å². The molecular weight excluding hydrogens is 220 g/mol. The van der Waals surface area contributed by atoms with Crippen molar-refractivity contribution in [1.29, 1.82) is 0 Å². The van der Waals surface area contributed by atoms with Crippen molar-refractivity contribution >= 4 is 16.7 Å². The Balaban J connectivity index is 1.56. The molecule has 0 radical (unpaired) electrons. The van der Waals surface area contributed by atoms with E-state index in [-0.39, 0.29) is 0 Å². The molecule has 0 saturated heterocycles. The van der Waals surface area contributed by atoms with Crippen molar-refractivity contribution in [1.82, 2.24) is 9.36 Å². The van der Waals surface area contributed by atoms with Crippen molar-refractivity contribution < 1.29 is 0 Å². The molecule has 3 N–H and O–H groups in total. The summed E-state index contributed by atoms with van der Waals surface area (Å²) < 4.78 is 4.40. The molecule has 0 amide bonds. The van der Waals surface area contributed by atoms with Crippen molar-refractivity contribution in [3.05, 3.63) is 5.82 Å². The normalized spacial score (nSPS) is 30.3. The first-order chi connectivity index (χ1) is 7.81. The Morgan fingerprint density at radius 1 is 1.12 bits per heavy atom. The smallest absolute Gasteiger partial charge is 0.202 e. The van der Waals surface area contributed by atoms with Crippen molar-refractivity contribution in [3.8, 4) is 0 Å². The summed E-state index contributed by atoms with van der Waals surface area (Å²) in [6.07, 6.45) is 7.14. The van der Waals surface area contributed by atoms with Crippen molar-refractivity contribution in [2.45, 2.75) is 56.5 Å². The SMILES string of the molecule is NC1CCC(Nc2nc(C3CC3)ns2)CC1. The van der Waals surface area contributed by atoms with Gasteiger partial charge in [-0.05, 0) is 38.5 Å². The fourth-order valence-electron chi connectivity index (χ4n) is 2.24. The third-order valence-electron chi connectivity index (χ3n) is 3.48. The fourth-order valence-corrected chi connectivity index (χ4v) is 2.96. The van der Waals surface area contributed by atoms with Gasteiger partial charge in [-0.25, -0.2) is 4.98 Å². The van der Waals surface area contributed by atoms with E-state index in [0.717, 1.165) is 23.8 Å². The van der Waals surface area contributed by atoms with E-state index in [0.29, 0.717) is 18.0 Å². The minimum atomic E-state index is 0.412. The Labute approximate surface area is 99.8 Å². The van der Waals surface area contributed by atoms with Gasteiger partial charge in [-0.2, -0.15) is 4.37 Å². The van der Waals surface area contributed by atoms with Gasteiger partial charge in [0.25, 0.3) is 0 Å². The molecule has 0 atom stereocenters. The third-order valence-corrected chi connectivity index (χ3v) is 4.14. The van der Waals surface area contributed by atoms with Crippen LogP contribution >= 0.6 is 11.5 Å². The molecule has 2 aliphatic rings. The van der Waals surface area contributed by atoms with E-state index in [9.17, 15) is 0 Å². The predicted molar refractivity (Wildman–Crippen MR) is 65.7 cm³/mol. The van der Waals surface area contributed by atoms with Crippen LogP contribution in [0.4, 0.5) is 5.13 Å². The lowest BCUT2D eigenvalue weighted by atomic mass is 9.92. The van der Waals surface area contributed by atoms with Gasteiger partial charge in [0.15, 0.2) is 0 Å². The van der Waals surface area contributed by atoms with Crippen LogP contribution in [0, 0.1) is 0 Å². The maximum atomic E-state index is 5.89. The van der Waals surface area contributed by atoms with Crippen LogP contribution in [0.5, 0.6) is 0 Å². The molecule has 1 heterocycles. The lowest BCUT2D eigenvalue weighted by Gasteiger charge is -2.26.